The summed E-state index contributed by atoms with van der Waals surface area (Å²) >= 11 is 5.90. The normalized spacial score (nSPS) is 11.9. The van der Waals surface area contributed by atoms with E-state index in [9.17, 15) is 13.2 Å². The van der Waals surface area contributed by atoms with Crippen molar-refractivity contribution in [2.45, 2.75) is 23.6 Å². The van der Waals surface area contributed by atoms with Crippen molar-refractivity contribution in [2.24, 2.45) is 0 Å². The van der Waals surface area contributed by atoms with Crippen molar-refractivity contribution in [3.63, 3.8) is 0 Å². The van der Waals surface area contributed by atoms with E-state index in [0.717, 1.165) is 18.5 Å². The molecule has 0 aliphatic heterocycles. The fraction of sp³-hybridized carbons (Fsp3) is 0.318. The number of sulfone groups is 1. The summed E-state index contributed by atoms with van der Waals surface area (Å²) in [6.07, 6.45) is 2.42. The van der Waals surface area contributed by atoms with Crippen molar-refractivity contribution in [1.29, 1.82) is 0 Å². The van der Waals surface area contributed by atoms with Gasteiger partial charge in [0.1, 0.15) is 6.54 Å². The SMILES string of the molecule is CN(C)CCCNC(=O)Cn1cc(S(=O)(=O)Cc2ccc(Cl)cc2)c2ccccc21. The van der Waals surface area contributed by atoms with Crippen molar-refractivity contribution < 1.29 is 13.2 Å². The summed E-state index contributed by atoms with van der Waals surface area (Å²) < 4.78 is 27.9. The van der Waals surface area contributed by atoms with Crippen LogP contribution in [0.5, 0.6) is 0 Å². The number of benzene rings is 2. The van der Waals surface area contributed by atoms with Gasteiger partial charge in [-0.2, -0.15) is 0 Å². The molecule has 1 heterocycles. The Labute approximate surface area is 182 Å². The fourth-order valence-electron chi connectivity index (χ4n) is 3.30. The molecule has 8 heteroatoms. The number of carbonyl (C=O) groups is 1. The predicted molar refractivity (Wildman–Crippen MR) is 120 cm³/mol. The number of fused-ring (bicyclic) bond motifs is 1. The monoisotopic (exact) mass is 447 g/mol. The zero-order chi connectivity index (χ0) is 21.7. The molecule has 0 radical (unpaired) electrons. The molecule has 0 bridgehead atoms. The van der Waals surface area contributed by atoms with Crippen molar-refractivity contribution in [3.8, 4) is 0 Å². The van der Waals surface area contributed by atoms with E-state index in [4.69, 9.17) is 11.6 Å². The summed E-state index contributed by atoms with van der Waals surface area (Å²) in [6, 6.07) is 14.0. The lowest BCUT2D eigenvalue weighted by molar-refractivity contribution is -0.121. The van der Waals surface area contributed by atoms with Crippen LogP contribution in [0.15, 0.2) is 59.6 Å². The zero-order valence-electron chi connectivity index (χ0n) is 17.1. The lowest BCUT2D eigenvalue weighted by Crippen LogP contribution is -2.30. The first kappa shape index (κ1) is 22.3. The maximum atomic E-state index is 13.1. The highest BCUT2D eigenvalue weighted by atomic mass is 35.5. The van der Waals surface area contributed by atoms with Gasteiger partial charge in [0.15, 0.2) is 9.84 Å². The van der Waals surface area contributed by atoms with Crippen LogP contribution in [0.2, 0.25) is 5.02 Å². The van der Waals surface area contributed by atoms with Crippen LogP contribution >= 0.6 is 11.6 Å². The molecule has 1 N–H and O–H groups in total. The zero-order valence-corrected chi connectivity index (χ0v) is 18.7. The van der Waals surface area contributed by atoms with E-state index in [-0.39, 0.29) is 23.1 Å². The Morgan fingerprint density at radius 3 is 2.50 bits per heavy atom. The van der Waals surface area contributed by atoms with Crippen LogP contribution < -0.4 is 5.32 Å². The van der Waals surface area contributed by atoms with Crippen molar-refractivity contribution in [1.82, 2.24) is 14.8 Å². The number of rotatable bonds is 9. The first-order valence-electron chi connectivity index (χ1n) is 9.73. The van der Waals surface area contributed by atoms with Crippen molar-refractivity contribution in [2.75, 3.05) is 27.2 Å². The molecule has 0 unspecified atom stereocenters. The topological polar surface area (TPSA) is 71.4 Å². The van der Waals surface area contributed by atoms with E-state index >= 15 is 0 Å². The maximum absolute atomic E-state index is 13.1. The third-order valence-electron chi connectivity index (χ3n) is 4.78. The van der Waals surface area contributed by atoms with Crippen LogP contribution in [0.1, 0.15) is 12.0 Å². The number of amides is 1. The molecular weight excluding hydrogens is 422 g/mol. The number of para-hydroxylation sites is 1. The molecule has 30 heavy (non-hydrogen) atoms. The Morgan fingerprint density at radius 2 is 1.80 bits per heavy atom. The average Bonchev–Trinajstić information content (AvgIpc) is 3.06. The smallest absolute Gasteiger partial charge is 0.239 e. The molecule has 0 saturated heterocycles. The Hall–Kier alpha value is -2.35. The van der Waals surface area contributed by atoms with Crippen molar-refractivity contribution >= 4 is 38.2 Å². The van der Waals surface area contributed by atoms with Gasteiger partial charge >= 0.3 is 0 Å². The Bertz CT molecular complexity index is 1120. The quantitative estimate of drug-likeness (QED) is 0.511. The molecule has 6 nitrogen and oxygen atoms in total. The van der Waals surface area contributed by atoms with Gasteiger partial charge in [-0.05, 0) is 50.8 Å². The molecule has 0 atom stereocenters. The molecule has 0 aliphatic rings. The second-order valence-electron chi connectivity index (χ2n) is 7.53. The molecule has 0 spiro atoms. The molecule has 1 aromatic heterocycles. The molecule has 0 saturated carbocycles. The minimum Gasteiger partial charge on any atom is -0.355 e. The standard InChI is InChI=1S/C22H26ClN3O3S/c1-25(2)13-5-12-24-22(27)15-26-14-21(19-6-3-4-7-20(19)26)30(28,29)16-17-8-10-18(23)11-9-17/h3-4,6-11,14H,5,12-13,15-16H2,1-2H3,(H,24,27). The largest absolute Gasteiger partial charge is 0.355 e. The number of hydrogen-bond donors (Lipinski definition) is 1. The Kier molecular flexibility index (Phi) is 7.18. The number of halogens is 1. The van der Waals surface area contributed by atoms with E-state index < -0.39 is 9.84 Å². The van der Waals surface area contributed by atoms with Crippen LogP contribution in [-0.4, -0.2) is 51.0 Å². The van der Waals surface area contributed by atoms with Crippen LogP contribution in [0.25, 0.3) is 10.9 Å². The number of carbonyl (C=O) groups excluding carboxylic acids is 1. The Balaban J connectivity index is 1.81. The van der Waals surface area contributed by atoms with E-state index in [1.165, 1.54) is 0 Å². The van der Waals surface area contributed by atoms with E-state index in [1.807, 2.05) is 26.2 Å². The molecule has 3 rings (SSSR count). The highest BCUT2D eigenvalue weighted by Gasteiger charge is 2.22. The van der Waals surface area contributed by atoms with Crippen LogP contribution in [0.4, 0.5) is 0 Å². The fourth-order valence-corrected chi connectivity index (χ4v) is 5.01. The maximum Gasteiger partial charge on any atom is 0.239 e. The van der Waals surface area contributed by atoms with Crippen LogP contribution in [-0.2, 0) is 26.9 Å². The highest BCUT2D eigenvalue weighted by Crippen LogP contribution is 2.28. The first-order chi connectivity index (χ1) is 14.3. The molecular formula is C22H26ClN3O3S. The second-order valence-corrected chi connectivity index (χ2v) is 9.93. The van der Waals surface area contributed by atoms with Gasteiger partial charge in [-0.25, -0.2) is 8.42 Å². The minimum absolute atomic E-state index is 0.0684. The number of aromatic nitrogens is 1. The van der Waals surface area contributed by atoms with Gasteiger partial charge in [-0.1, -0.05) is 41.9 Å². The van der Waals surface area contributed by atoms with Gasteiger partial charge in [-0.15, -0.1) is 0 Å². The lowest BCUT2D eigenvalue weighted by Gasteiger charge is -2.10. The lowest BCUT2D eigenvalue weighted by atomic mass is 10.2. The third kappa shape index (κ3) is 5.62. The summed E-state index contributed by atoms with van der Waals surface area (Å²) in [6.45, 7) is 1.54. The van der Waals surface area contributed by atoms with Gasteiger partial charge in [0.05, 0.1) is 10.6 Å². The van der Waals surface area contributed by atoms with Gasteiger partial charge in [0, 0.05) is 28.7 Å². The van der Waals surface area contributed by atoms with E-state index in [1.54, 1.807) is 47.2 Å². The van der Waals surface area contributed by atoms with E-state index in [2.05, 4.69) is 10.2 Å². The first-order valence-corrected chi connectivity index (χ1v) is 11.8. The molecule has 0 aliphatic carbocycles. The highest BCUT2D eigenvalue weighted by molar-refractivity contribution is 7.90. The third-order valence-corrected chi connectivity index (χ3v) is 6.74. The molecule has 2 aromatic carbocycles. The van der Waals surface area contributed by atoms with Crippen LogP contribution in [0, 0.1) is 0 Å². The van der Waals surface area contributed by atoms with Gasteiger partial charge in [0.25, 0.3) is 0 Å². The predicted octanol–water partition coefficient (Wildman–Crippen LogP) is 3.34. The van der Waals surface area contributed by atoms with Crippen molar-refractivity contribution in [3.05, 3.63) is 65.3 Å². The molecule has 3 aromatic rings. The van der Waals surface area contributed by atoms with E-state index in [0.29, 0.717) is 22.5 Å². The van der Waals surface area contributed by atoms with Crippen LogP contribution in [0.3, 0.4) is 0 Å². The summed E-state index contributed by atoms with van der Waals surface area (Å²) in [5, 5.41) is 4.07. The summed E-state index contributed by atoms with van der Waals surface area (Å²) in [5.41, 5.74) is 1.38. The summed E-state index contributed by atoms with van der Waals surface area (Å²) in [7, 11) is 0.372. The molecule has 0 fully saturated rings. The Morgan fingerprint density at radius 1 is 1.10 bits per heavy atom. The second kappa shape index (κ2) is 9.64. The summed E-state index contributed by atoms with van der Waals surface area (Å²) in [4.78, 5) is 14.7. The summed E-state index contributed by atoms with van der Waals surface area (Å²) in [5.74, 6) is -0.272. The van der Waals surface area contributed by atoms with Gasteiger partial charge < -0.3 is 14.8 Å². The number of hydrogen-bond acceptors (Lipinski definition) is 4. The van der Waals surface area contributed by atoms with Gasteiger partial charge in [0.2, 0.25) is 5.91 Å². The number of nitrogens with zero attached hydrogens (tertiary/aromatic N) is 2. The number of nitrogens with one attached hydrogen (secondary N) is 1. The minimum atomic E-state index is -3.60. The molecule has 1 amide bonds. The molecule has 160 valence electrons. The average molecular weight is 448 g/mol. The van der Waals surface area contributed by atoms with Gasteiger partial charge in [-0.3, -0.25) is 4.79 Å².